The van der Waals surface area contributed by atoms with Crippen LogP contribution in [-0.2, 0) is 0 Å². The summed E-state index contributed by atoms with van der Waals surface area (Å²) in [7, 11) is 0. The summed E-state index contributed by atoms with van der Waals surface area (Å²) >= 11 is 0. The van der Waals surface area contributed by atoms with Gasteiger partial charge in [0.05, 0.1) is 0 Å². The van der Waals surface area contributed by atoms with Gasteiger partial charge in [0.1, 0.15) is 5.75 Å². The average Bonchev–Trinajstić information content (AvgIpc) is 2.39. The maximum absolute atomic E-state index is 11.9. The number of benzene rings is 1. The first-order valence-corrected chi connectivity index (χ1v) is 6.79. The summed E-state index contributed by atoms with van der Waals surface area (Å²) < 4.78 is 5.31. The zero-order valence-electron chi connectivity index (χ0n) is 10.9. The first-order chi connectivity index (χ1) is 9.33. The van der Waals surface area contributed by atoms with Crippen LogP contribution in [0.3, 0.4) is 0 Å². The number of ether oxygens (including phenoxy) is 1. The average molecular weight is 261 g/mol. The number of hydrogen-bond acceptors (Lipinski definition) is 4. The molecule has 1 aromatic carbocycles. The highest BCUT2D eigenvalue weighted by molar-refractivity contribution is 5.71. The van der Waals surface area contributed by atoms with Crippen LogP contribution >= 0.6 is 0 Å². The number of hydrogen-bond donors (Lipinski definition) is 1. The Hall–Kier alpha value is -1.59. The number of carbonyl (C=O) groups excluding carboxylic acids is 1. The highest BCUT2D eigenvalue weighted by Gasteiger charge is 2.36. The number of amides is 1. The lowest BCUT2D eigenvalue weighted by Crippen LogP contribution is -2.64. The molecule has 0 aliphatic carbocycles. The lowest BCUT2D eigenvalue weighted by molar-refractivity contribution is 0.0342. The van der Waals surface area contributed by atoms with Gasteiger partial charge in [-0.05, 0) is 12.1 Å². The molecule has 1 aromatic rings. The Morgan fingerprint density at radius 1 is 1.16 bits per heavy atom. The van der Waals surface area contributed by atoms with Crippen molar-refractivity contribution in [2.24, 2.45) is 0 Å². The van der Waals surface area contributed by atoms with Gasteiger partial charge >= 0.3 is 6.09 Å². The molecule has 5 nitrogen and oxygen atoms in total. The predicted octanol–water partition coefficient (Wildman–Crippen LogP) is 0.775. The number of piperazine rings is 1. The smallest absolute Gasteiger partial charge is 0.410 e. The van der Waals surface area contributed by atoms with Crippen LogP contribution in [-0.4, -0.2) is 61.2 Å². The van der Waals surface area contributed by atoms with Gasteiger partial charge in [0.25, 0.3) is 0 Å². The summed E-state index contributed by atoms with van der Waals surface area (Å²) in [4.78, 5) is 16.1. The summed E-state index contributed by atoms with van der Waals surface area (Å²) in [6.07, 6.45) is -0.238. The molecule has 2 fully saturated rings. The largest absolute Gasteiger partial charge is 0.415 e. The van der Waals surface area contributed by atoms with Gasteiger partial charge in [0.2, 0.25) is 0 Å². The second kappa shape index (κ2) is 5.59. The molecule has 0 atom stereocenters. The topological polar surface area (TPSA) is 44.8 Å². The van der Waals surface area contributed by atoms with Gasteiger partial charge in [-0.3, -0.25) is 4.90 Å². The maximum Gasteiger partial charge on any atom is 0.415 e. The van der Waals surface area contributed by atoms with Crippen molar-refractivity contribution >= 4 is 6.09 Å². The SMILES string of the molecule is O=C(Oc1ccccc1)N1CC(N2CCNCC2)C1. The van der Waals surface area contributed by atoms with E-state index in [0.717, 1.165) is 39.3 Å². The molecule has 0 radical (unpaired) electrons. The quantitative estimate of drug-likeness (QED) is 0.854. The van der Waals surface area contributed by atoms with Crippen molar-refractivity contribution in [2.45, 2.75) is 6.04 Å². The van der Waals surface area contributed by atoms with E-state index in [1.54, 1.807) is 17.0 Å². The normalized spacial score (nSPS) is 20.9. The molecule has 1 N–H and O–H groups in total. The fourth-order valence-electron chi connectivity index (χ4n) is 2.54. The Kier molecular flexibility index (Phi) is 3.66. The van der Waals surface area contributed by atoms with Gasteiger partial charge in [-0.15, -0.1) is 0 Å². The van der Waals surface area contributed by atoms with E-state index < -0.39 is 0 Å². The van der Waals surface area contributed by atoms with E-state index in [1.165, 1.54) is 0 Å². The zero-order valence-corrected chi connectivity index (χ0v) is 10.9. The van der Waals surface area contributed by atoms with E-state index in [9.17, 15) is 4.79 Å². The van der Waals surface area contributed by atoms with Crippen LogP contribution in [0.5, 0.6) is 5.75 Å². The summed E-state index contributed by atoms with van der Waals surface area (Å²) in [5.74, 6) is 0.609. The van der Waals surface area contributed by atoms with Gasteiger partial charge < -0.3 is 15.0 Å². The number of carbonyl (C=O) groups is 1. The van der Waals surface area contributed by atoms with Crippen molar-refractivity contribution in [3.8, 4) is 5.75 Å². The summed E-state index contributed by atoms with van der Waals surface area (Å²) in [6, 6.07) is 9.73. The first kappa shape index (κ1) is 12.4. The van der Waals surface area contributed by atoms with E-state index in [-0.39, 0.29) is 6.09 Å². The van der Waals surface area contributed by atoms with Gasteiger partial charge in [-0.25, -0.2) is 4.79 Å². The van der Waals surface area contributed by atoms with E-state index in [4.69, 9.17) is 4.74 Å². The molecule has 0 bridgehead atoms. The Balaban J connectivity index is 1.46. The van der Waals surface area contributed by atoms with Crippen molar-refractivity contribution < 1.29 is 9.53 Å². The van der Waals surface area contributed by atoms with Gasteiger partial charge in [0.15, 0.2) is 0 Å². The highest BCUT2D eigenvalue weighted by atomic mass is 16.6. The molecular weight excluding hydrogens is 242 g/mol. The monoisotopic (exact) mass is 261 g/mol. The fourth-order valence-corrected chi connectivity index (χ4v) is 2.54. The lowest BCUT2D eigenvalue weighted by Gasteiger charge is -2.45. The van der Waals surface area contributed by atoms with Crippen molar-refractivity contribution in [3.63, 3.8) is 0 Å². The van der Waals surface area contributed by atoms with Crippen LogP contribution in [0.4, 0.5) is 4.79 Å². The number of para-hydroxylation sites is 1. The van der Waals surface area contributed by atoms with E-state index in [1.807, 2.05) is 18.2 Å². The van der Waals surface area contributed by atoms with Gasteiger partial charge in [-0.1, -0.05) is 18.2 Å². The summed E-state index contributed by atoms with van der Waals surface area (Å²) in [5, 5.41) is 3.34. The van der Waals surface area contributed by atoms with Crippen LogP contribution in [0.2, 0.25) is 0 Å². The zero-order chi connectivity index (χ0) is 13.1. The van der Waals surface area contributed by atoms with Crippen LogP contribution in [0.15, 0.2) is 30.3 Å². The highest BCUT2D eigenvalue weighted by Crippen LogP contribution is 2.18. The van der Waals surface area contributed by atoms with Crippen LogP contribution < -0.4 is 10.1 Å². The third kappa shape index (κ3) is 2.88. The number of likely N-dealkylation sites (tertiary alicyclic amines) is 1. The second-order valence-corrected chi connectivity index (χ2v) is 5.03. The molecule has 2 aliphatic heterocycles. The molecule has 1 amide bonds. The molecule has 3 rings (SSSR count). The Labute approximate surface area is 113 Å². The Morgan fingerprint density at radius 2 is 1.84 bits per heavy atom. The minimum Gasteiger partial charge on any atom is -0.410 e. The molecule has 0 unspecified atom stereocenters. The molecule has 0 aromatic heterocycles. The van der Waals surface area contributed by atoms with Gasteiger partial charge in [0, 0.05) is 45.3 Å². The van der Waals surface area contributed by atoms with E-state index in [0.29, 0.717) is 11.8 Å². The molecule has 102 valence electrons. The van der Waals surface area contributed by atoms with Crippen molar-refractivity contribution in [3.05, 3.63) is 30.3 Å². The minimum atomic E-state index is -0.238. The Bertz CT molecular complexity index is 426. The number of nitrogens with one attached hydrogen (secondary N) is 1. The number of nitrogens with zero attached hydrogens (tertiary/aromatic N) is 2. The molecular formula is C14H19N3O2. The third-order valence-electron chi connectivity index (χ3n) is 3.74. The van der Waals surface area contributed by atoms with Crippen LogP contribution in [0.1, 0.15) is 0 Å². The molecule has 0 saturated carbocycles. The fraction of sp³-hybridized carbons (Fsp3) is 0.500. The number of rotatable bonds is 2. The van der Waals surface area contributed by atoms with Crippen LogP contribution in [0.25, 0.3) is 0 Å². The van der Waals surface area contributed by atoms with Gasteiger partial charge in [-0.2, -0.15) is 0 Å². The Morgan fingerprint density at radius 3 is 2.53 bits per heavy atom. The third-order valence-corrected chi connectivity index (χ3v) is 3.74. The van der Waals surface area contributed by atoms with Crippen molar-refractivity contribution in [2.75, 3.05) is 39.3 Å². The maximum atomic E-state index is 11.9. The molecule has 0 spiro atoms. The van der Waals surface area contributed by atoms with Crippen molar-refractivity contribution in [1.82, 2.24) is 15.1 Å². The van der Waals surface area contributed by atoms with Crippen molar-refractivity contribution in [1.29, 1.82) is 0 Å². The minimum absolute atomic E-state index is 0.238. The molecule has 2 saturated heterocycles. The molecule has 19 heavy (non-hydrogen) atoms. The predicted molar refractivity (Wildman–Crippen MR) is 72.3 cm³/mol. The standard InChI is InChI=1S/C14H19N3O2/c18-14(19-13-4-2-1-3-5-13)17-10-12(11-17)16-8-6-15-7-9-16/h1-5,12,15H,6-11H2. The first-order valence-electron chi connectivity index (χ1n) is 6.79. The van der Waals surface area contributed by atoms with Crippen LogP contribution in [0, 0.1) is 0 Å². The summed E-state index contributed by atoms with van der Waals surface area (Å²) in [6.45, 7) is 5.81. The molecule has 2 heterocycles. The van der Waals surface area contributed by atoms with E-state index >= 15 is 0 Å². The second-order valence-electron chi connectivity index (χ2n) is 5.03. The van der Waals surface area contributed by atoms with E-state index in [2.05, 4.69) is 10.2 Å². The lowest BCUT2D eigenvalue weighted by atomic mass is 10.1. The molecule has 2 aliphatic rings. The summed E-state index contributed by atoms with van der Waals surface area (Å²) in [5.41, 5.74) is 0. The molecule has 5 heteroatoms.